The monoisotopic (exact) mass is 248 g/mol. The zero-order chi connectivity index (χ0) is 13.1. The summed E-state index contributed by atoms with van der Waals surface area (Å²) in [5.74, 6) is 0. The lowest BCUT2D eigenvalue weighted by Crippen LogP contribution is -2.50. The van der Waals surface area contributed by atoms with Crippen molar-refractivity contribution in [1.82, 2.24) is 4.90 Å². The Bertz CT molecular complexity index is 385. The van der Waals surface area contributed by atoms with E-state index in [4.69, 9.17) is 10.5 Å². The summed E-state index contributed by atoms with van der Waals surface area (Å²) in [6.45, 7) is 9.93. The van der Waals surface area contributed by atoms with E-state index in [0.717, 1.165) is 19.7 Å². The molecule has 1 heterocycles. The van der Waals surface area contributed by atoms with Gasteiger partial charge in [0.1, 0.15) is 0 Å². The van der Waals surface area contributed by atoms with Crippen LogP contribution in [-0.4, -0.2) is 36.7 Å². The van der Waals surface area contributed by atoms with Crippen molar-refractivity contribution in [2.45, 2.75) is 39.5 Å². The second kappa shape index (κ2) is 5.83. The van der Waals surface area contributed by atoms with Gasteiger partial charge >= 0.3 is 0 Å². The van der Waals surface area contributed by atoms with Crippen LogP contribution in [0.15, 0.2) is 18.2 Å². The van der Waals surface area contributed by atoms with Crippen molar-refractivity contribution >= 4 is 0 Å². The van der Waals surface area contributed by atoms with E-state index in [1.165, 1.54) is 16.7 Å². The maximum Gasteiger partial charge on any atom is 0.0824 e. The standard InChI is InChI=1S/C15H24N2O/c1-11-5-4-6-12(2)15(11)9-17-8-14(7-16)18-10-13(17)3/h4-6,13-14H,7-10,16H2,1-3H3. The van der Waals surface area contributed by atoms with Gasteiger partial charge in [-0.2, -0.15) is 0 Å². The highest BCUT2D eigenvalue weighted by atomic mass is 16.5. The van der Waals surface area contributed by atoms with Gasteiger partial charge in [0, 0.05) is 25.7 Å². The zero-order valence-corrected chi connectivity index (χ0v) is 11.6. The second-order valence-electron chi connectivity index (χ2n) is 5.34. The number of hydrogen-bond donors (Lipinski definition) is 1. The molecule has 0 radical (unpaired) electrons. The average molecular weight is 248 g/mol. The van der Waals surface area contributed by atoms with Gasteiger partial charge in [-0.25, -0.2) is 0 Å². The molecular weight excluding hydrogens is 224 g/mol. The molecule has 1 aliphatic rings. The molecule has 0 amide bonds. The van der Waals surface area contributed by atoms with Crippen molar-refractivity contribution in [2.24, 2.45) is 5.73 Å². The van der Waals surface area contributed by atoms with Gasteiger partial charge < -0.3 is 10.5 Å². The topological polar surface area (TPSA) is 38.5 Å². The van der Waals surface area contributed by atoms with E-state index >= 15 is 0 Å². The molecule has 1 aliphatic heterocycles. The van der Waals surface area contributed by atoms with Crippen LogP contribution >= 0.6 is 0 Å². The molecule has 100 valence electrons. The second-order valence-corrected chi connectivity index (χ2v) is 5.34. The van der Waals surface area contributed by atoms with Crippen LogP contribution < -0.4 is 5.73 Å². The molecule has 2 N–H and O–H groups in total. The Balaban J connectivity index is 2.12. The van der Waals surface area contributed by atoms with Crippen LogP contribution in [0.25, 0.3) is 0 Å². The highest BCUT2D eigenvalue weighted by molar-refractivity contribution is 5.33. The predicted octanol–water partition coefficient (Wildman–Crippen LogP) is 1.85. The quantitative estimate of drug-likeness (QED) is 0.887. The fourth-order valence-corrected chi connectivity index (χ4v) is 2.54. The summed E-state index contributed by atoms with van der Waals surface area (Å²) in [7, 11) is 0. The molecule has 2 atom stereocenters. The number of ether oxygens (including phenoxy) is 1. The molecule has 1 saturated heterocycles. The summed E-state index contributed by atoms with van der Waals surface area (Å²) in [6, 6.07) is 6.97. The molecule has 0 aromatic heterocycles. The van der Waals surface area contributed by atoms with Gasteiger partial charge in [0.15, 0.2) is 0 Å². The molecule has 1 aromatic carbocycles. The lowest BCUT2D eigenvalue weighted by Gasteiger charge is -2.38. The molecular formula is C15H24N2O. The molecule has 2 rings (SSSR count). The number of nitrogens with zero attached hydrogens (tertiary/aromatic N) is 1. The van der Waals surface area contributed by atoms with E-state index in [0.29, 0.717) is 12.6 Å². The minimum absolute atomic E-state index is 0.186. The fourth-order valence-electron chi connectivity index (χ4n) is 2.54. The van der Waals surface area contributed by atoms with Gasteiger partial charge in [-0.1, -0.05) is 18.2 Å². The Kier molecular flexibility index (Phi) is 4.38. The number of rotatable bonds is 3. The molecule has 0 spiro atoms. The van der Waals surface area contributed by atoms with Gasteiger partial charge in [-0.3, -0.25) is 4.90 Å². The summed E-state index contributed by atoms with van der Waals surface area (Å²) < 4.78 is 5.70. The summed E-state index contributed by atoms with van der Waals surface area (Å²) in [5.41, 5.74) is 9.91. The maximum absolute atomic E-state index is 5.71. The number of hydrogen-bond acceptors (Lipinski definition) is 3. The van der Waals surface area contributed by atoms with Crippen LogP contribution in [0.1, 0.15) is 23.6 Å². The summed E-state index contributed by atoms with van der Waals surface area (Å²) >= 11 is 0. The molecule has 0 aliphatic carbocycles. The SMILES string of the molecule is Cc1cccc(C)c1CN1CC(CN)OCC1C. The fraction of sp³-hybridized carbons (Fsp3) is 0.600. The van der Waals surface area contributed by atoms with Crippen LogP contribution in [0.2, 0.25) is 0 Å². The van der Waals surface area contributed by atoms with Gasteiger partial charge in [-0.15, -0.1) is 0 Å². The molecule has 0 saturated carbocycles. The first kappa shape index (κ1) is 13.5. The Morgan fingerprint density at radius 2 is 2.00 bits per heavy atom. The summed E-state index contributed by atoms with van der Waals surface area (Å²) in [5, 5.41) is 0. The van der Waals surface area contributed by atoms with Crippen molar-refractivity contribution in [3.8, 4) is 0 Å². The summed E-state index contributed by atoms with van der Waals surface area (Å²) in [6.07, 6.45) is 0.186. The van der Waals surface area contributed by atoms with Crippen molar-refractivity contribution in [1.29, 1.82) is 0 Å². The average Bonchev–Trinajstić information content (AvgIpc) is 2.36. The van der Waals surface area contributed by atoms with Crippen molar-refractivity contribution in [3.63, 3.8) is 0 Å². The number of aryl methyl sites for hydroxylation is 2. The molecule has 1 fully saturated rings. The first-order chi connectivity index (χ1) is 8.61. The third-order valence-electron chi connectivity index (χ3n) is 3.90. The molecule has 3 heteroatoms. The number of nitrogens with two attached hydrogens (primary N) is 1. The first-order valence-electron chi connectivity index (χ1n) is 6.72. The van der Waals surface area contributed by atoms with Crippen LogP contribution in [0.3, 0.4) is 0 Å². The highest BCUT2D eigenvalue weighted by Crippen LogP contribution is 2.20. The Hall–Kier alpha value is -0.900. The van der Waals surface area contributed by atoms with E-state index in [2.05, 4.69) is 43.9 Å². The molecule has 3 nitrogen and oxygen atoms in total. The third-order valence-corrected chi connectivity index (χ3v) is 3.90. The lowest BCUT2D eigenvalue weighted by atomic mass is 10.0. The Morgan fingerprint density at radius 3 is 2.61 bits per heavy atom. The molecule has 0 bridgehead atoms. The minimum atomic E-state index is 0.186. The predicted molar refractivity (Wildman–Crippen MR) is 74.6 cm³/mol. The number of morpholine rings is 1. The lowest BCUT2D eigenvalue weighted by molar-refractivity contribution is -0.0568. The van der Waals surface area contributed by atoms with Crippen LogP contribution in [0.5, 0.6) is 0 Å². The van der Waals surface area contributed by atoms with E-state index < -0.39 is 0 Å². The van der Waals surface area contributed by atoms with E-state index in [-0.39, 0.29) is 6.10 Å². The molecule has 18 heavy (non-hydrogen) atoms. The normalized spacial score (nSPS) is 25.3. The van der Waals surface area contributed by atoms with Gasteiger partial charge in [0.05, 0.1) is 12.7 Å². The van der Waals surface area contributed by atoms with Crippen molar-refractivity contribution in [3.05, 3.63) is 34.9 Å². The van der Waals surface area contributed by atoms with Crippen molar-refractivity contribution in [2.75, 3.05) is 19.7 Å². The van der Waals surface area contributed by atoms with E-state index in [1.54, 1.807) is 0 Å². The van der Waals surface area contributed by atoms with Crippen LogP contribution in [-0.2, 0) is 11.3 Å². The highest BCUT2D eigenvalue weighted by Gasteiger charge is 2.25. The van der Waals surface area contributed by atoms with Gasteiger partial charge in [-0.05, 0) is 37.5 Å². The van der Waals surface area contributed by atoms with Crippen molar-refractivity contribution < 1.29 is 4.74 Å². The van der Waals surface area contributed by atoms with E-state index in [1.807, 2.05) is 0 Å². The largest absolute Gasteiger partial charge is 0.374 e. The first-order valence-corrected chi connectivity index (χ1v) is 6.72. The van der Waals surface area contributed by atoms with Crippen LogP contribution in [0, 0.1) is 13.8 Å². The summed E-state index contributed by atoms with van der Waals surface area (Å²) in [4.78, 5) is 2.48. The Morgan fingerprint density at radius 1 is 1.33 bits per heavy atom. The van der Waals surface area contributed by atoms with Gasteiger partial charge in [0.25, 0.3) is 0 Å². The smallest absolute Gasteiger partial charge is 0.0824 e. The van der Waals surface area contributed by atoms with E-state index in [9.17, 15) is 0 Å². The maximum atomic E-state index is 5.71. The molecule has 1 aromatic rings. The number of benzene rings is 1. The minimum Gasteiger partial charge on any atom is -0.374 e. The molecule has 2 unspecified atom stereocenters. The van der Waals surface area contributed by atoms with Gasteiger partial charge in [0.2, 0.25) is 0 Å². The Labute approximate surface area is 110 Å². The third kappa shape index (κ3) is 2.91. The van der Waals surface area contributed by atoms with Crippen LogP contribution in [0.4, 0.5) is 0 Å². The zero-order valence-electron chi connectivity index (χ0n) is 11.6.